The zero-order chi connectivity index (χ0) is 17.9. The first kappa shape index (κ1) is 20.2. The minimum Gasteiger partial charge on any atom is -0.358 e. The summed E-state index contributed by atoms with van der Waals surface area (Å²) in [7, 11) is 0. The molecule has 0 fully saturated rings. The zero-order valence-corrected chi connectivity index (χ0v) is 15.5. The number of rotatable bonds is 8. The van der Waals surface area contributed by atoms with Crippen molar-refractivity contribution in [1.82, 2.24) is 26.1 Å². The largest absolute Gasteiger partial charge is 0.358 e. The second kappa shape index (κ2) is 10.8. The minimum atomic E-state index is -0.280. The predicted octanol–water partition coefficient (Wildman–Crippen LogP) is 1.19. The number of hydrogen-bond acceptors (Lipinski definition) is 5. The molecule has 0 aromatic carbocycles. The molecular weight excluding hydrogens is 346 g/mol. The topological polar surface area (TPSA) is 98.9 Å². The van der Waals surface area contributed by atoms with E-state index in [0.29, 0.717) is 28.1 Å². The van der Waals surface area contributed by atoms with E-state index in [2.05, 4.69) is 39.6 Å². The van der Waals surface area contributed by atoms with Crippen molar-refractivity contribution >= 4 is 35.0 Å². The Morgan fingerprint density at radius 1 is 1.46 bits per heavy atom. The normalized spacial score (nSPS) is 10.1. The van der Waals surface area contributed by atoms with Crippen LogP contribution in [0.1, 0.15) is 31.0 Å². The van der Waals surface area contributed by atoms with Gasteiger partial charge in [-0.1, -0.05) is 31.2 Å². The second-order valence-electron chi connectivity index (χ2n) is 5.00. The molecule has 1 amide bonds. The first-order valence-corrected chi connectivity index (χ1v) is 9.03. The van der Waals surface area contributed by atoms with Crippen LogP contribution in [-0.2, 0) is 11.2 Å². The minimum absolute atomic E-state index is 0.105. The zero-order valence-electron chi connectivity index (χ0n) is 13.9. The molecule has 0 radical (unpaired) electrons. The fourth-order valence-corrected chi connectivity index (χ4v) is 2.65. The number of amides is 1. The van der Waals surface area contributed by atoms with Gasteiger partial charge in [0.25, 0.3) is 5.56 Å². The van der Waals surface area contributed by atoms with Crippen LogP contribution in [0.15, 0.2) is 22.6 Å². The summed E-state index contributed by atoms with van der Waals surface area (Å²) in [5, 5.41) is 3.55. The van der Waals surface area contributed by atoms with Gasteiger partial charge in [-0.25, -0.2) is 4.98 Å². The van der Waals surface area contributed by atoms with Crippen molar-refractivity contribution in [3.05, 3.63) is 34.3 Å². The van der Waals surface area contributed by atoms with Crippen LogP contribution in [0, 0.1) is 6.92 Å². The average molecular weight is 370 g/mol. The quantitative estimate of drug-likeness (QED) is 0.180. The number of aryl methyl sites for hydroxylation is 1. The lowest BCUT2D eigenvalue weighted by Crippen LogP contribution is -2.47. The van der Waals surface area contributed by atoms with Crippen molar-refractivity contribution < 1.29 is 4.79 Å². The third kappa shape index (κ3) is 7.14. The summed E-state index contributed by atoms with van der Waals surface area (Å²) in [5.41, 5.74) is 6.33. The van der Waals surface area contributed by atoms with E-state index in [4.69, 9.17) is 12.2 Å². The van der Waals surface area contributed by atoms with E-state index < -0.39 is 0 Å². The van der Waals surface area contributed by atoms with Crippen molar-refractivity contribution in [2.75, 3.05) is 12.3 Å². The third-order valence-electron chi connectivity index (χ3n) is 3.04. The molecule has 7 nitrogen and oxygen atoms in total. The highest BCUT2D eigenvalue weighted by Crippen LogP contribution is 2.13. The number of carbonyl (C=O) groups is 1. The summed E-state index contributed by atoms with van der Waals surface area (Å²) in [6.45, 7) is 7.95. The fourth-order valence-electron chi connectivity index (χ4n) is 1.81. The maximum absolute atomic E-state index is 12.1. The molecule has 0 aliphatic rings. The lowest BCUT2D eigenvalue weighted by molar-refractivity contribution is -0.119. The van der Waals surface area contributed by atoms with Crippen LogP contribution in [0.3, 0.4) is 0 Å². The Morgan fingerprint density at radius 2 is 2.21 bits per heavy atom. The molecule has 0 bridgehead atoms. The monoisotopic (exact) mass is 369 g/mol. The Hall–Kier alpha value is -1.87. The maximum atomic E-state index is 12.1. The number of carbonyl (C=O) groups excluding carboxylic acids is 1. The number of aromatic nitrogens is 2. The molecule has 0 saturated heterocycles. The summed E-state index contributed by atoms with van der Waals surface area (Å²) in [4.78, 5) is 30.9. The number of unbranched alkanes of at least 4 members (excludes halogenated alkanes) is 1. The second-order valence-corrected chi connectivity index (χ2v) is 6.37. The first-order valence-electron chi connectivity index (χ1n) is 7.64. The van der Waals surface area contributed by atoms with Gasteiger partial charge in [0, 0.05) is 17.8 Å². The standard InChI is InChI=1S/C15H23N5O2S2/c1-4-6-7-11-10(3)17-15(18-13(11)22)24-9-12(21)19-20-14(23)16-8-5-2/h5H,2,4,6-9H2,1,3H3,(H,19,21)(H2,16,20,23)(H,17,18,22). The molecule has 1 aromatic heterocycles. The first-order chi connectivity index (χ1) is 11.5. The molecule has 0 spiro atoms. The van der Waals surface area contributed by atoms with Crippen LogP contribution in [0.5, 0.6) is 0 Å². The van der Waals surface area contributed by atoms with Crippen molar-refractivity contribution in [3.8, 4) is 0 Å². The molecule has 0 unspecified atom stereocenters. The molecule has 1 rings (SSSR count). The summed E-state index contributed by atoms with van der Waals surface area (Å²) < 4.78 is 0. The van der Waals surface area contributed by atoms with Gasteiger partial charge in [-0.05, 0) is 32.0 Å². The van der Waals surface area contributed by atoms with Gasteiger partial charge in [0.05, 0.1) is 5.75 Å². The number of nitrogens with one attached hydrogen (secondary N) is 4. The van der Waals surface area contributed by atoms with E-state index in [-0.39, 0.29) is 17.2 Å². The Balaban J connectivity index is 2.49. The molecule has 4 N–H and O–H groups in total. The van der Waals surface area contributed by atoms with Crippen molar-refractivity contribution in [3.63, 3.8) is 0 Å². The van der Waals surface area contributed by atoms with E-state index >= 15 is 0 Å². The van der Waals surface area contributed by atoms with Gasteiger partial charge in [0.15, 0.2) is 10.3 Å². The van der Waals surface area contributed by atoms with E-state index in [1.165, 1.54) is 0 Å². The summed E-state index contributed by atoms with van der Waals surface area (Å²) >= 11 is 6.11. The summed E-state index contributed by atoms with van der Waals surface area (Å²) in [6.07, 6.45) is 4.34. The number of hydrogen-bond donors (Lipinski definition) is 4. The SMILES string of the molecule is C=CCNC(=S)NNC(=O)CSc1nc(C)c(CCCC)c(=O)[nH]1. The van der Waals surface area contributed by atoms with Crippen LogP contribution in [0.25, 0.3) is 0 Å². The number of nitrogens with zero attached hydrogens (tertiary/aromatic N) is 1. The van der Waals surface area contributed by atoms with Crippen LogP contribution in [0.4, 0.5) is 0 Å². The van der Waals surface area contributed by atoms with Crippen molar-refractivity contribution in [2.45, 2.75) is 38.3 Å². The molecule has 0 aliphatic carbocycles. The van der Waals surface area contributed by atoms with Crippen LogP contribution >= 0.6 is 24.0 Å². The molecule has 1 aromatic rings. The van der Waals surface area contributed by atoms with Gasteiger partial charge in [-0.3, -0.25) is 20.4 Å². The molecule has 0 aliphatic heterocycles. The van der Waals surface area contributed by atoms with E-state index in [1.807, 2.05) is 6.92 Å². The highest BCUT2D eigenvalue weighted by Gasteiger charge is 2.10. The van der Waals surface area contributed by atoms with Gasteiger partial charge in [0.1, 0.15) is 0 Å². The van der Waals surface area contributed by atoms with Crippen LogP contribution < -0.4 is 21.7 Å². The van der Waals surface area contributed by atoms with E-state index in [1.54, 1.807) is 6.08 Å². The predicted molar refractivity (Wildman–Crippen MR) is 101 cm³/mol. The molecular formula is C15H23N5O2S2. The number of H-pyrrole nitrogens is 1. The van der Waals surface area contributed by atoms with Gasteiger partial charge < -0.3 is 10.3 Å². The van der Waals surface area contributed by atoms with E-state index in [0.717, 1.165) is 31.0 Å². The molecule has 1 heterocycles. The molecule has 9 heteroatoms. The average Bonchev–Trinajstić information content (AvgIpc) is 2.55. The van der Waals surface area contributed by atoms with Gasteiger partial charge in [0.2, 0.25) is 5.91 Å². The number of thiocarbonyl (C=S) groups is 1. The Labute approximate surface area is 151 Å². The van der Waals surface area contributed by atoms with Crippen molar-refractivity contribution in [2.24, 2.45) is 0 Å². The Bertz CT molecular complexity index is 645. The van der Waals surface area contributed by atoms with Crippen LogP contribution in [0.2, 0.25) is 0 Å². The maximum Gasteiger partial charge on any atom is 0.254 e. The molecule has 0 atom stereocenters. The highest BCUT2D eigenvalue weighted by atomic mass is 32.2. The van der Waals surface area contributed by atoms with Gasteiger partial charge in [-0.2, -0.15) is 0 Å². The summed E-state index contributed by atoms with van der Waals surface area (Å²) in [6, 6.07) is 0. The Morgan fingerprint density at radius 3 is 2.83 bits per heavy atom. The third-order valence-corrected chi connectivity index (χ3v) is 4.16. The summed E-state index contributed by atoms with van der Waals surface area (Å²) in [5.74, 6) is -0.175. The van der Waals surface area contributed by atoms with E-state index in [9.17, 15) is 9.59 Å². The fraction of sp³-hybridized carbons (Fsp3) is 0.467. The lowest BCUT2D eigenvalue weighted by Gasteiger charge is -2.10. The van der Waals surface area contributed by atoms with Gasteiger partial charge in [-0.15, -0.1) is 6.58 Å². The van der Waals surface area contributed by atoms with Gasteiger partial charge >= 0.3 is 0 Å². The molecule has 132 valence electrons. The van der Waals surface area contributed by atoms with Crippen molar-refractivity contribution in [1.29, 1.82) is 0 Å². The van der Waals surface area contributed by atoms with Crippen LogP contribution in [-0.4, -0.2) is 33.3 Å². The lowest BCUT2D eigenvalue weighted by atomic mass is 10.1. The smallest absolute Gasteiger partial charge is 0.254 e. The number of hydrazine groups is 1. The molecule has 24 heavy (non-hydrogen) atoms. The Kier molecular flexibility index (Phi) is 9.10. The number of thioether (sulfide) groups is 1. The number of aromatic amines is 1. The molecule has 0 saturated carbocycles. The highest BCUT2D eigenvalue weighted by molar-refractivity contribution is 7.99.